The first-order valence-corrected chi connectivity index (χ1v) is 6.07. The van der Waals surface area contributed by atoms with E-state index in [1.54, 1.807) is 12.1 Å². The average molecular weight is 279 g/mol. The van der Waals surface area contributed by atoms with Gasteiger partial charge in [0.2, 0.25) is 0 Å². The highest BCUT2D eigenvalue weighted by molar-refractivity contribution is 6.41. The molecule has 1 aromatic rings. The van der Waals surface area contributed by atoms with Crippen LogP contribution in [0.3, 0.4) is 0 Å². The Hall–Kier alpha value is -0.440. The molecule has 0 fully saturated rings. The monoisotopic (exact) mass is 277 g/mol. The summed E-state index contributed by atoms with van der Waals surface area (Å²) >= 11 is 18.1. The van der Waals surface area contributed by atoms with Crippen molar-refractivity contribution in [2.75, 3.05) is 0 Å². The summed E-state index contributed by atoms with van der Waals surface area (Å²) in [4.78, 5) is 0. The molecule has 0 spiro atoms. The van der Waals surface area contributed by atoms with Crippen LogP contribution < -0.4 is 5.43 Å². The van der Waals surface area contributed by atoms with Crippen LogP contribution in [0, 0.1) is 0 Å². The Bertz CT molecular complexity index is 443. The van der Waals surface area contributed by atoms with Gasteiger partial charge in [-0.2, -0.15) is 5.43 Å². The highest BCUT2D eigenvalue weighted by Crippen LogP contribution is 2.36. The number of benzene rings is 1. The molecule has 0 amide bonds. The third-order valence-corrected chi connectivity index (χ3v) is 3.22. The Kier molecular flexibility index (Phi) is 3.08. The number of hydrazone groups is 1. The molecule has 0 radical (unpaired) electrons. The summed E-state index contributed by atoms with van der Waals surface area (Å²) in [5, 5.41) is 1.62. The van der Waals surface area contributed by atoms with E-state index in [-0.39, 0.29) is 5.54 Å². The van der Waals surface area contributed by atoms with Gasteiger partial charge in [0.05, 0.1) is 12.0 Å². The molecule has 0 unspecified atom stereocenters. The van der Waals surface area contributed by atoms with E-state index in [9.17, 15) is 0 Å². The second-order valence-electron chi connectivity index (χ2n) is 4.47. The maximum atomic E-state index is 6.14. The van der Waals surface area contributed by atoms with E-state index in [2.05, 4.69) is 19.3 Å². The molecule has 1 aliphatic heterocycles. The lowest BCUT2D eigenvalue weighted by molar-refractivity contribution is -0.505. The van der Waals surface area contributed by atoms with Gasteiger partial charge >= 0.3 is 0 Å². The zero-order valence-corrected chi connectivity index (χ0v) is 11.3. The molecule has 1 heterocycles. The minimum atomic E-state index is 0.0201. The number of halogens is 3. The standard InChI is InChI=1S/C11H12Cl3N2/c1-11(2)3-4-16(15-11)10-8(13)5-7(12)6-9(10)14/h4-6,15H,3H2,1-2H3/q+1. The normalized spacial score (nSPS) is 18.2. The van der Waals surface area contributed by atoms with Crippen molar-refractivity contribution in [2.24, 2.45) is 0 Å². The first-order valence-electron chi connectivity index (χ1n) is 4.94. The van der Waals surface area contributed by atoms with Gasteiger partial charge in [-0.3, -0.25) is 0 Å². The largest absolute Gasteiger partial charge is 0.271 e. The van der Waals surface area contributed by atoms with E-state index in [1.807, 2.05) is 10.9 Å². The van der Waals surface area contributed by atoms with Crippen molar-refractivity contribution in [1.29, 1.82) is 0 Å². The number of rotatable bonds is 1. The van der Waals surface area contributed by atoms with E-state index in [4.69, 9.17) is 34.8 Å². The van der Waals surface area contributed by atoms with Gasteiger partial charge in [-0.25, -0.2) is 0 Å². The van der Waals surface area contributed by atoms with Gasteiger partial charge in [0.25, 0.3) is 5.69 Å². The number of nitrogens with zero attached hydrogens (tertiary/aromatic N) is 1. The molecule has 1 aliphatic rings. The van der Waals surface area contributed by atoms with Crippen molar-refractivity contribution in [3.63, 3.8) is 0 Å². The van der Waals surface area contributed by atoms with E-state index in [0.29, 0.717) is 15.1 Å². The Morgan fingerprint density at radius 1 is 1.19 bits per heavy atom. The number of hydrazine groups is 1. The summed E-state index contributed by atoms with van der Waals surface area (Å²) in [5.74, 6) is 0. The van der Waals surface area contributed by atoms with Crippen molar-refractivity contribution in [1.82, 2.24) is 5.43 Å². The quantitative estimate of drug-likeness (QED) is 0.766. The fourth-order valence-corrected chi connectivity index (χ4v) is 2.65. The van der Waals surface area contributed by atoms with Crippen LogP contribution in [-0.2, 0) is 0 Å². The van der Waals surface area contributed by atoms with Gasteiger partial charge in [0.15, 0.2) is 6.21 Å². The lowest BCUT2D eigenvalue weighted by atomic mass is 10.1. The Labute approximate surface area is 110 Å². The summed E-state index contributed by atoms with van der Waals surface area (Å²) in [6.45, 7) is 4.22. The summed E-state index contributed by atoms with van der Waals surface area (Å²) < 4.78 is 1.86. The van der Waals surface area contributed by atoms with E-state index < -0.39 is 0 Å². The zero-order valence-electron chi connectivity index (χ0n) is 9.02. The molecule has 1 aromatic carbocycles. The van der Waals surface area contributed by atoms with Crippen LogP contribution in [0.2, 0.25) is 15.1 Å². The van der Waals surface area contributed by atoms with Crippen LogP contribution in [-0.4, -0.2) is 16.4 Å². The maximum Gasteiger partial charge on any atom is 0.271 e. The number of hydrogen-bond donors (Lipinski definition) is 1. The molecular formula is C11H12Cl3N2+. The first-order chi connectivity index (χ1) is 7.39. The summed E-state index contributed by atoms with van der Waals surface area (Å²) in [5.41, 5.74) is 4.08. The van der Waals surface area contributed by atoms with Crippen LogP contribution in [0.15, 0.2) is 12.1 Å². The minimum absolute atomic E-state index is 0.0201. The van der Waals surface area contributed by atoms with Crippen molar-refractivity contribution < 1.29 is 4.68 Å². The van der Waals surface area contributed by atoms with Gasteiger partial charge in [0, 0.05) is 5.02 Å². The van der Waals surface area contributed by atoms with Crippen LogP contribution in [0.5, 0.6) is 0 Å². The molecule has 86 valence electrons. The third-order valence-electron chi connectivity index (χ3n) is 2.43. The second kappa shape index (κ2) is 4.10. The fraction of sp³-hybridized carbons (Fsp3) is 0.364. The van der Waals surface area contributed by atoms with Crippen LogP contribution in [0.4, 0.5) is 5.69 Å². The predicted octanol–water partition coefficient (Wildman–Crippen LogP) is 4.05. The molecule has 0 aromatic heterocycles. The fourth-order valence-electron chi connectivity index (χ4n) is 1.65. The van der Waals surface area contributed by atoms with Gasteiger partial charge in [-0.1, -0.05) is 39.5 Å². The topological polar surface area (TPSA) is 15.0 Å². The second-order valence-corrected chi connectivity index (χ2v) is 5.72. The van der Waals surface area contributed by atoms with Crippen molar-refractivity contribution in [3.05, 3.63) is 27.2 Å². The lowest BCUT2D eigenvalue weighted by Gasteiger charge is -2.14. The molecular weight excluding hydrogens is 266 g/mol. The minimum Gasteiger partial charge on any atom is -0.187 e. The van der Waals surface area contributed by atoms with Crippen molar-refractivity contribution in [3.8, 4) is 0 Å². The Balaban J connectivity index is 2.43. The van der Waals surface area contributed by atoms with Crippen molar-refractivity contribution in [2.45, 2.75) is 25.8 Å². The zero-order chi connectivity index (χ0) is 11.9. The van der Waals surface area contributed by atoms with Crippen molar-refractivity contribution >= 4 is 46.7 Å². The average Bonchev–Trinajstić information content (AvgIpc) is 2.44. The predicted molar refractivity (Wildman–Crippen MR) is 69.3 cm³/mol. The van der Waals surface area contributed by atoms with Gasteiger partial charge in [-0.05, 0) is 26.0 Å². The van der Waals surface area contributed by atoms with Gasteiger partial charge < -0.3 is 0 Å². The van der Waals surface area contributed by atoms with Crippen LogP contribution >= 0.6 is 34.8 Å². The highest BCUT2D eigenvalue weighted by atomic mass is 35.5. The van der Waals surface area contributed by atoms with E-state index in [0.717, 1.165) is 12.1 Å². The molecule has 0 atom stereocenters. The number of nitrogens with one attached hydrogen (secondary N) is 1. The smallest absolute Gasteiger partial charge is 0.187 e. The molecule has 5 heteroatoms. The molecule has 0 bridgehead atoms. The Morgan fingerprint density at radius 3 is 2.19 bits per heavy atom. The molecule has 2 rings (SSSR count). The lowest BCUT2D eigenvalue weighted by Crippen LogP contribution is -2.37. The maximum absolute atomic E-state index is 6.14. The molecule has 0 saturated heterocycles. The molecule has 1 N–H and O–H groups in total. The highest BCUT2D eigenvalue weighted by Gasteiger charge is 2.33. The van der Waals surface area contributed by atoms with E-state index >= 15 is 0 Å². The van der Waals surface area contributed by atoms with Crippen LogP contribution in [0.25, 0.3) is 0 Å². The van der Waals surface area contributed by atoms with Gasteiger partial charge in [0.1, 0.15) is 10.0 Å². The number of hydrogen-bond acceptors (Lipinski definition) is 1. The van der Waals surface area contributed by atoms with E-state index in [1.165, 1.54) is 0 Å². The summed E-state index contributed by atoms with van der Waals surface area (Å²) in [6, 6.07) is 3.37. The molecule has 0 aliphatic carbocycles. The molecule has 2 nitrogen and oxygen atoms in total. The summed E-state index contributed by atoms with van der Waals surface area (Å²) in [6.07, 6.45) is 2.95. The third kappa shape index (κ3) is 2.29. The SMILES string of the molecule is CC1(C)CC=[N+](c2c(Cl)cc(Cl)cc2Cl)N1. The molecule has 0 saturated carbocycles. The summed E-state index contributed by atoms with van der Waals surface area (Å²) in [7, 11) is 0. The Morgan fingerprint density at radius 2 is 1.75 bits per heavy atom. The molecule has 16 heavy (non-hydrogen) atoms. The van der Waals surface area contributed by atoms with Crippen LogP contribution in [0.1, 0.15) is 20.3 Å². The van der Waals surface area contributed by atoms with Gasteiger partial charge in [-0.15, -0.1) is 0 Å². The first kappa shape index (κ1) is 12.0.